The fourth-order valence-electron chi connectivity index (χ4n) is 4.14. The summed E-state index contributed by atoms with van der Waals surface area (Å²) in [7, 11) is 1.52. The van der Waals surface area contributed by atoms with E-state index in [9.17, 15) is 14.7 Å². The number of aldehydes is 1. The minimum atomic E-state index is -1.33. The van der Waals surface area contributed by atoms with Gasteiger partial charge in [-0.1, -0.05) is 18.2 Å². The van der Waals surface area contributed by atoms with Gasteiger partial charge in [0.25, 0.3) is 0 Å². The van der Waals surface area contributed by atoms with Crippen molar-refractivity contribution in [1.82, 2.24) is 10.6 Å². The maximum Gasteiger partial charge on any atom is 0.238 e. The number of para-hydroxylation sites is 1. The fourth-order valence-corrected chi connectivity index (χ4v) is 4.14. The topological polar surface area (TPSA) is 90.9 Å². The second-order valence-corrected chi connectivity index (χ2v) is 6.88. The highest BCUT2D eigenvalue weighted by atomic mass is 16.5. The summed E-state index contributed by atoms with van der Waals surface area (Å²) < 4.78 is 5.95. The Labute approximate surface area is 147 Å². The lowest BCUT2D eigenvalue weighted by atomic mass is 9.69. The van der Waals surface area contributed by atoms with Crippen LogP contribution in [0, 0.1) is 5.41 Å². The summed E-state index contributed by atoms with van der Waals surface area (Å²) in [6, 6.07) is 7.39. The van der Waals surface area contributed by atoms with E-state index in [1.54, 1.807) is 0 Å². The van der Waals surface area contributed by atoms with Crippen molar-refractivity contribution in [2.45, 2.75) is 44.9 Å². The average molecular weight is 347 g/mol. The number of aliphatic hydroxyl groups excluding tert-OH is 1. The number of anilines is 1. The molecule has 1 saturated heterocycles. The van der Waals surface area contributed by atoms with Crippen LogP contribution in [0.25, 0.3) is 0 Å². The van der Waals surface area contributed by atoms with E-state index in [4.69, 9.17) is 4.74 Å². The summed E-state index contributed by atoms with van der Waals surface area (Å²) in [5.74, 6) is -0.501. The Hall–Kier alpha value is -1.96. The number of hydrogen-bond donors (Lipinski definition) is 3. The van der Waals surface area contributed by atoms with Gasteiger partial charge >= 0.3 is 0 Å². The molecule has 0 aliphatic carbocycles. The van der Waals surface area contributed by atoms with E-state index in [0.717, 1.165) is 11.3 Å². The Balaban J connectivity index is 2.08. The first-order chi connectivity index (χ1) is 11.9. The number of amides is 1. The van der Waals surface area contributed by atoms with Crippen LogP contribution < -0.4 is 15.5 Å². The van der Waals surface area contributed by atoms with E-state index in [2.05, 4.69) is 15.5 Å². The van der Waals surface area contributed by atoms with Crippen molar-refractivity contribution in [2.75, 3.05) is 18.5 Å². The van der Waals surface area contributed by atoms with Crippen molar-refractivity contribution in [3.63, 3.8) is 0 Å². The Morgan fingerprint density at radius 3 is 2.84 bits per heavy atom. The third-order valence-electron chi connectivity index (χ3n) is 5.17. The molecule has 1 aromatic rings. The number of rotatable bonds is 4. The standard InChI is InChI=1S/C18H25N3O4/c1-11-9-21-14-7-5-4-6-13(14)8-18(10-22,15(21)12(2)25-11)16(23)20-17(24)19-3/h4-7,10-12,15,17,19,24H,8-9H2,1-3H3,(H,20,23)/t11-,12+,15?,17?,18?/m1/s1. The molecule has 1 amide bonds. The Kier molecular flexibility index (Phi) is 4.81. The zero-order chi connectivity index (χ0) is 18.2. The van der Waals surface area contributed by atoms with Gasteiger partial charge in [-0.3, -0.25) is 10.1 Å². The number of carbonyl (C=O) groups is 2. The molecule has 0 aromatic heterocycles. The first-order valence-electron chi connectivity index (χ1n) is 8.55. The Bertz CT molecular complexity index is 667. The van der Waals surface area contributed by atoms with Crippen LogP contribution in [0.3, 0.4) is 0 Å². The minimum absolute atomic E-state index is 0.00674. The third kappa shape index (κ3) is 2.92. The summed E-state index contributed by atoms with van der Waals surface area (Å²) in [6.45, 7) is 4.47. The van der Waals surface area contributed by atoms with E-state index in [1.165, 1.54) is 7.05 Å². The number of benzene rings is 1. The predicted octanol–water partition coefficient (Wildman–Crippen LogP) is 0.0217. The number of nitrogens with one attached hydrogen (secondary N) is 2. The van der Waals surface area contributed by atoms with Crippen LogP contribution in [0.4, 0.5) is 5.69 Å². The predicted molar refractivity (Wildman–Crippen MR) is 93.0 cm³/mol. The van der Waals surface area contributed by atoms with Gasteiger partial charge in [0.2, 0.25) is 5.91 Å². The lowest BCUT2D eigenvalue weighted by molar-refractivity contribution is -0.147. The van der Waals surface area contributed by atoms with Crippen LogP contribution in [-0.4, -0.2) is 55.5 Å². The maximum absolute atomic E-state index is 13.0. The van der Waals surface area contributed by atoms with Gasteiger partial charge in [-0.05, 0) is 38.9 Å². The zero-order valence-corrected chi connectivity index (χ0v) is 14.7. The number of aliphatic hydroxyl groups is 1. The molecule has 0 bridgehead atoms. The van der Waals surface area contributed by atoms with E-state index < -0.39 is 23.7 Å². The summed E-state index contributed by atoms with van der Waals surface area (Å²) in [5, 5.41) is 14.8. The zero-order valence-electron chi connectivity index (χ0n) is 14.7. The van der Waals surface area contributed by atoms with Crippen molar-refractivity contribution in [1.29, 1.82) is 0 Å². The van der Waals surface area contributed by atoms with Crippen molar-refractivity contribution in [3.05, 3.63) is 29.8 Å². The van der Waals surface area contributed by atoms with E-state index in [0.29, 0.717) is 12.8 Å². The van der Waals surface area contributed by atoms with E-state index in [-0.39, 0.29) is 18.6 Å². The summed E-state index contributed by atoms with van der Waals surface area (Å²) in [6.07, 6.45) is -0.534. The Morgan fingerprint density at radius 2 is 2.16 bits per heavy atom. The molecule has 2 aliphatic heterocycles. The lowest BCUT2D eigenvalue weighted by Gasteiger charge is -2.54. The maximum atomic E-state index is 13.0. The van der Waals surface area contributed by atoms with Gasteiger partial charge in [0.15, 0.2) is 6.35 Å². The quantitative estimate of drug-likeness (QED) is 0.404. The molecule has 5 atom stereocenters. The van der Waals surface area contributed by atoms with Crippen LogP contribution in [0.1, 0.15) is 19.4 Å². The molecular weight excluding hydrogens is 322 g/mol. The van der Waals surface area contributed by atoms with Gasteiger partial charge in [-0.2, -0.15) is 0 Å². The molecule has 3 N–H and O–H groups in total. The molecule has 1 aromatic carbocycles. The molecular formula is C18H25N3O4. The molecule has 0 spiro atoms. The first kappa shape index (κ1) is 17.8. The summed E-state index contributed by atoms with van der Waals surface area (Å²) in [5.41, 5.74) is 0.654. The van der Waals surface area contributed by atoms with Crippen molar-refractivity contribution < 1.29 is 19.4 Å². The van der Waals surface area contributed by atoms with Crippen molar-refractivity contribution >= 4 is 17.9 Å². The molecule has 0 radical (unpaired) electrons. The Morgan fingerprint density at radius 1 is 1.44 bits per heavy atom. The van der Waals surface area contributed by atoms with E-state index in [1.807, 2.05) is 38.1 Å². The molecule has 2 heterocycles. The highest BCUT2D eigenvalue weighted by molar-refractivity contribution is 6.00. The molecule has 1 fully saturated rings. The number of fused-ring (bicyclic) bond motifs is 3. The number of ether oxygens (including phenoxy) is 1. The normalized spacial score (nSPS) is 32.3. The van der Waals surface area contributed by atoms with E-state index >= 15 is 0 Å². The molecule has 2 aliphatic rings. The second kappa shape index (κ2) is 6.74. The highest BCUT2D eigenvalue weighted by Crippen LogP contribution is 2.44. The van der Waals surface area contributed by atoms with Gasteiger partial charge in [-0.15, -0.1) is 0 Å². The molecule has 3 rings (SSSR count). The molecule has 7 nitrogen and oxygen atoms in total. The first-order valence-corrected chi connectivity index (χ1v) is 8.55. The van der Waals surface area contributed by atoms with Gasteiger partial charge in [0.1, 0.15) is 11.7 Å². The monoisotopic (exact) mass is 347 g/mol. The van der Waals surface area contributed by atoms with Crippen molar-refractivity contribution in [2.24, 2.45) is 5.41 Å². The molecule has 3 unspecified atom stereocenters. The number of hydrogen-bond acceptors (Lipinski definition) is 6. The van der Waals surface area contributed by atoms with Gasteiger partial charge in [0.05, 0.1) is 18.2 Å². The largest absolute Gasteiger partial charge is 0.372 e. The third-order valence-corrected chi connectivity index (χ3v) is 5.17. The molecule has 25 heavy (non-hydrogen) atoms. The van der Waals surface area contributed by atoms with Crippen LogP contribution in [0.2, 0.25) is 0 Å². The lowest BCUT2D eigenvalue weighted by Crippen LogP contribution is -2.69. The number of nitrogens with zero attached hydrogens (tertiary/aromatic N) is 1. The minimum Gasteiger partial charge on any atom is -0.372 e. The van der Waals surface area contributed by atoms with Gasteiger partial charge in [-0.25, -0.2) is 0 Å². The van der Waals surface area contributed by atoms with Crippen LogP contribution in [-0.2, 0) is 20.7 Å². The number of morpholine rings is 1. The smallest absolute Gasteiger partial charge is 0.238 e. The summed E-state index contributed by atoms with van der Waals surface area (Å²) >= 11 is 0. The second-order valence-electron chi connectivity index (χ2n) is 6.88. The summed E-state index contributed by atoms with van der Waals surface area (Å²) in [4.78, 5) is 27.3. The molecule has 7 heteroatoms. The molecule has 0 saturated carbocycles. The van der Waals surface area contributed by atoms with Crippen LogP contribution >= 0.6 is 0 Å². The van der Waals surface area contributed by atoms with Crippen LogP contribution in [0.15, 0.2) is 24.3 Å². The highest BCUT2D eigenvalue weighted by Gasteiger charge is 2.56. The molecule has 136 valence electrons. The number of carbonyl (C=O) groups excluding carboxylic acids is 2. The average Bonchev–Trinajstić information content (AvgIpc) is 2.60. The van der Waals surface area contributed by atoms with Crippen LogP contribution in [0.5, 0.6) is 0 Å². The van der Waals surface area contributed by atoms with Gasteiger partial charge < -0.3 is 24.9 Å². The fraction of sp³-hybridized carbons (Fsp3) is 0.556. The van der Waals surface area contributed by atoms with Gasteiger partial charge in [0, 0.05) is 12.2 Å². The SMILES string of the molecule is CNC(O)NC(=O)C1(C=O)Cc2ccccc2N2C[C@@H](C)O[C@@H](C)C21. The van der Waals surface area contributed by atoms with Crippen molar-refractivity contribution in [3.8, 4) is 0 Å².